The van der Waals surface area contributed by atoms with E-state index in [1.165, 1.54) is 5.56 Å². The predicted octanol–water partition coefficient (Wildman–Crippen LogP) is 1.84. The summed E-state index contributed by atoms with van der Waals surface area (Å²) in [7, 11) is 0. The maximum atomic E-state index is 5.84. The molecule has 15 heavy (non-hydrogen) atoms. The third-order valence-electron chi connectivity index (χ3n) is 2.32. The summed E-state index contributed by atoms with van der Waals surface area (Å²) in [5.41, 5.74) is 14.7. The standard InChI is InChI=1S/C12H13N3/c13-10-6-7-15-11(12(10)14)8-9-4-2-1-3-5-9/h1-7H,8,14H2,(H2,13,15). The lowest BCUT2D eigenvalue weighted by atomic mass is 10.1. The number of pyridine rings is 1. The second-order valence-corrected chi connectivity index (χ2v) is 3.42. The molecular formula is C12H13N3. The number of nitrogens with two attached hydrogens (primary N) is 2. The minimum absolute atomic E-state index is 0.585. The van der Waals surface area contributed by atoms with E-state index in [0.29, 0.717) is 11.4 Å². The minimum atomic E-state index is 0.585. The van der Waals surface area contributed by atoms with Crippen LogP contribution >= 0.6 is 0 Å². The van der Waals surface area contributed by atoms with Crippen LogP contribution in [0.2, 0.25) is 0 Å². The molecule has 0 aliphatic heterocycles. The summed E-state index contributed by atoms with van der Waals surface area (Å²) in [5, 5.41) is 0. The Morgan fingerprint density at radius 3 is 2.47 bits per heavy atom. The second-order valence-electron chi connectivity index (χ2n) is 3.42. The molecule has 1 aromatic heterocycles. The number of benzene rings is 1. The van der Waals surface area contributed by atoms with Crippen LogP contribution in [0.3, 0.4) is 0 Å². The van der Waals surface area contributed by atoms with Crippen LogP contribution < -0.4 is 11.5 Å². The quantitative estimate of drug-likeness (QED) is 0.775. The van der Waals surface area contributed by atoms with Crippen molar-refractivity contribution in [3.8, 4) is 0 Å². The van der Waals surface area contributed by atoms with E-state index in [2.05, 4.69) is 4.98 Å². The molecule has 0 amide bonds. The van der Waals surface area contributed by atoms with Gasteiger partial charge in [0.2, 0.25) is 0 Å². The third kappa shape index (κ3) is 2.07. The van der Waals surface area contributed by atoms with E-state index in [4.69, 9.17) is 11.5 Å². The van der Waals surface area contributed by atoms with Crippen molar-refractivity contribution in [2.45, 2.75) is 6.42 Å². The summed E-state index contributed by atoms with van der Waals surface area (Å²) < 4.78 is 0. The molecule has 0 aliphatic carbocycles. The number of anilines is 2. The lowest BCUT2D eigenvalue weighted by Gasteiger charge is -2.06. The SMILES string of the molecule is Nc1ccnc(Cc2ccccc2)c1N. The molecular weight excluding hydrogens is 186 g/mol. The first-order valence-corrected chi connectivity index (χ1v) is 4.80. The highest BCUT2D eigenvalue weighted by Crippen LogP contribution is 2.19. The van der Waals surface area contributed by atoms with Crippen molar-refractivity contribution in [2.24, 2.45) is 0 Å². The van der Waals surface area contributed by atoms with Gasteiger partial charge in [0.25, 0.3) is 0 Å². The highest BCUT2D eigenvalue weighted by Gasteiger charge is 2.04. The van der Waals surface area contributed by atoms with Gasteiger partial charge in [0.15, 0.2) is 0 Å². The van der Waals surface area contributed by atoms with Gasteiger partial charge in [-0.3, -0.25) is 4.98 Å². The molecule has 3 nitrogen and oxygen atoms in total. The van der Waals surface area contributed by atoms with Crippen LogP contribution in [-0.2, 0) is 6.42 Å². The topological polar surface area (TPSA) is 64.9 Å². The molecule has 0 unspecified atom stereocenters. The normalized spacial score (nSPS) is 10.1. The van der Waals surface area contributed by atoms with Gasteiger partial charge < -0.3 is 11.5 Å². The fraction of sp³-hybridized carbons (Fsp3) is 0.0833. The lowest BCUT2D eigenvalue weighted by Crippen LogP contribution is -2.02. The van der Waals surface area contributed by atoms with Gasteiger partial charge in [-0.2, -0.15) is 0 Å². The van der Waals surface area contributed by atoms with Crippen LogP contribution in [-0.4, -0.2) is 4.98 Å². The zero-order valence-electron chi connectivity index (χ0n) is 8.35. The minimum Gasteiger partial charge on any atom is -0.397 e. The van der Waals surface area contributed by atoms with E-state index in [-0.39, 0.29) is 0 Å². The molecule has 1 aromatic carbocycles. The van der Waals surface area contributed by atoms with Crippen LogP contribution in [0.15, 0.2) is 42.6 Å². The summed E-state index contributed by atoms with van der Waals surface area (Å²) in [6.45, 7) is 0. The van der Waals surface area contributed by atoms with Crippen molar-refractivity contribution in [1.82, 2.24) is 4.98 Å². The molecule has 3 heteroatoms. The Balaban J connectivity index is 2.29. The van der Waals surface area contributed by atoms with Gasteiger partial charge in [0.1, 0.15) is 0 Å². The maximum Gasteiger partial charge on any atom is 0.0770 e. The van der Waals surface area contributed by atoms with Crippen molar-refractivity contribution in [1.29, 1.82) is 0 Å². The molecule has 0 saturated carbocycles. The molecule has 0 atom stereocenters. The van der Waals surface area contributed by atoms with Gasteiger partial charge in [0, 0.05) is 12.6 Å². The van der Waals surface area contributed by atoms with Crippen LogP contribution in [0.1, 0.15) is 11.3 Å². The van der Waals surface area contributed by atoms with Crippen molar-refractivity contribution >= 4 is 11.4 Å². The average Bonchev–Trinajstić information content (AvgIpc) is 2.26. The molecule has 1 heterocycles. The molecule has 0 spiro atoms. The first-order valence-electron chi connectivity index (χ1n) is 4.80. The van der Waals surface area contributed by atoms with Gasteiger partial charge in [-0.15, -0.1) is 0 Å². The molecule has 2 rings (SSSR count). The lowest BCUT2D eigenvalue weighted by molar-refractivity contribution is 1.08. The van der Waals surface area contributed by atoms with Crippen LogP contribution in [0.5, 0.6) is 0 Å². The van der Waals surface area contributed by atoms with E-state index in [1.807, 2.05) is 30.3 Å². The van der Waals surface area contributed by atoms with Crippen molar-refractivity contribution in [2.75, 3.05) is 11.5 Å². The first-order chi connectivity index (χ1) is 7.27. The van der Waals surface area contributed by atoms with Crippen LogP contribution in [0, 0.1) is 0 Å². The summed E-state index contributed by atoms with van der Waals surface area (Å²) in [4.78, 5) is 4.23. The Hall–Kier alpha value is -2.03. The molecule has 0 saturated heterocycles. The summed E-state index contributed by atoms with van der Waals surface area (Å²) in [5.74, 6) is 0. The molecule has 0 radical (unpaired) electrons. The van der Waals surface area contributed by atoms with Gasteiger partial charge in [0.05, 0.1) is 17.1 Å². The van der Waals surface area contributed by atoms with Crippen LogP contribution in [0.25, 0.3) is 0 Å². The fourth-order valence-corrected chi connectivity index (χ4v) is 1.46. The van der Waals surface area contributed by atoms with E-state index in [0.717, 1.165) is 12.1 Å². The monoisotopic (exact) mass is 199 g/mol. The van der Waals surface area contributed by atoms with Gasteiger partial charge >= 0.3 is 0 Å². The highest BCUT2D eigenvalue weighted by atomic mass is 14.8. The maximum absolute atomic E-state index is 5.84. The van der Waals surface area contributed by atoms with E-state index in [9.17, 15) is 0 Å². The zero-order chi connectivity index (χ0) is 10.7. The average molecular weight is 199 g/mol. The first kappa shape index (κ1) is 9.52. The molecule has 2 aromatic rings. The van der Waals surface area contributed by atoms with Crippen molar-refractivity contribution in [3.05, 3.63) is 53.9 Å². The summed E-state index contributed by atoms with van der Waals surface area (Å²) >= 11 is 0. The molecule has 0 aliphatic rings. The Morgan fingerprint density at radius 1 is 1.00 bits per heavy atom. The van der Waals surface area contributed by atoms with Crippen molar-refractivity contribution in [3.63, 3.8) is 0 Å². The molecule has 76 valence electrons. The summed E-state index contributed by atoms with van der Waals surface area (Å²) in [6.07, 6.45) is 2.40. The van der Waals surface area contributed by atoms with E-state index < -0.39 is 0 Å². The number of rotatable bonds is 2. The van der Waals surface area contributed by atoms with Crippen LogP contribution in [0.4, 0.5) is 11.4 Å². The predicted molar refractivity (Wildman–Crippen MR) is 62.3 cm³/mol. The Kier molecular flexibility index (Phi) is 2.54. The number of hydrogen-bond donors (Lipinski definition) is 2. The Morgan fingerprint density at radius 2 is 1.73 bits per heavy atom. The largest absolute Gasteiger partial charge is 0.397 e. The highest BCUT2D eigenvalue weighted by molar-refractivity contribution is 5.65. The van der Waals surface area contributed by atoms with Crippen molar-refractivity contribution < 1.29 is 0 Å². The fourth-order valence-electron chi connectivity index (χ4n) is 1.46. The number of aromatic nitrogens is 1. The van der Waals surface area contributed by atoms with Gasteiger partial charge in [-0.05, 0) is 11.6 Å². The van der Waals surface area contributed by atoms with Gasteiger partial charge in [-0.1, -0.05) is 30.3 Å². The van der Waals surface area contributed by atoms with E-state index >= 15 is 0 Å². The third-order valence-corrected chi connectivity index (χ3v) is 2.32. The van der Waals surface area contributed by atoms with Gasteiger partial charge in [-0.25, -0.2) is 0 Å². The number of nitrogen functional groups attached to an aromatic ring is 2. The number of nitrogens with zero attached hydrogens (tertiary/aromatic N) is 1. The summed E-state index contributed by atoms with van der Waals surface area (Å²) in [6, 6.07) is 11.8. The number of hydrogen-bond acceptors (Lipinski definition) is 3. The molecule has 0 bridgehead atoms. The molecule has 4 N–H and O–H groups in total. The molecule has 0 fully saturated rings. The Labute approximate surface area is 88.8 Å². The Bertz CT molecular complexity index is 452. The van der Waals surface area contributed by atoms with E-state index in [1.54, 1.807) is 12.3 Å². The zero-order valence-corrected chi connectivity index (χ0v) is 8.35. The second kappa shape index (κ2) is 4.00. The smallest absolute Gasteiger partial charge is 0.0770 e.